The molecule has 4 aromatic carbocycles. The molecule has 0 spiro atoms. The fourth-order valence-electron chi connectivity index (χ4n) is 4.63. The monoisotopic (exact) mass is 552 g/mol. The first kappa shape index (κ1) is 25.5. The van der Waals surface area contributed by atoms with E-state index in [4.69, 9.17) is 23.2 Å². The van der Waals surface area contributed by atoms with Crippen molar-refractivity contribution in [1.82, 2.24) is 4.98 Å². The summed E-state index contributed by atoms with van der Waals surface area (Å²) >= 11 is 13.0. The van der Waals surface area contributed by atoms with Gasteiger partial charge < -0.3 is 10.1 Å². The van der Waals surface area contributed by atoms with E-state index < -0.39 is 15.4 Å². The van der Waals surface area contributed by atoms with Crippen molar-refractivity contribution in [1.29, 1.82) is 0 Å². The SMILES string of the molecule is Cc1cccc(S(=O)(=O)N(c2cc(Cl)c(O)cc2Cl)c2c(C(C)(C)C)[nH]c3ccc4ccccc4c23)c1. The maximum Gasteiger partial charge on any atom is 0.268 e. The molecule has 5 nitrogen and oxygen atoms in total. The second-order valence-corrected chi connectivity index (χ2v) is 12.7. The number of aromatic nitrogens is 1. The van der Waals surface area contributed by atoms with Gasteiger partial charge >= 0.3 is 0 Å². The molecule has 0 unspecified atom stereocenters. The number of aromatic amines is 1. The van der Waals surface area contributed by atoms with Crippen LogP contribution in [0.3, 0.4) is 0 Å². The van der Waals surface area contributed by atoms with Crippen molar-refractivity contribution in [2.45, 2.75) is 38.0 Å². The van der Waals surface area contributed by atoms with Crippen molar-refractivity contribution >= 4 is 66.3 Å². The van der Waals surface area contributed by atoms with Crippen molar-refractivity contribution in [2.24, 2.45) is 0 Å². The second-order valence-electron chi connectivity index (χ2n) is 10.1. The van der Waals surface area contributed by atoms with E-state index in [-0.39, 0.29) is 26.4 Å². The van der Waals surface area contributed by atoms with Crippen molar-refractivity contribution in [3.05, 3.63) is 94.1 Å². The molecule has 5 rings (SSSR count). The molecule has 0 saturated carbocycles. The lowest BCUT2D eigenvalue weighted by atomic mass is 9.90. The summed E-state index contributed by atoms with van der Waals surface area (Å²) in [6, 6.07) is 21.2. The Bertz CT molecular complexity index is 1790. The van der Waals surface area contributed by atoms with Crippen LogP contribution >= 0.6 is 23.2 Å². The van der Waals surface area contributed by atoms with Crippen LogP contribution in [0.2, 0.25) is 10.0 Å². The van der Waals surface area contributed by atoms with Gasteiger partial charge in [0.15, 0.2) is 0 Å². The summed E-state index contributed by atoms with van der Waals surface area (Å²) in [4.78, 5) is 3.61. The Hall–Kier alpha value is -3.19. The van der Waals surface area contributed by atoms with Gasteiger partial charge in [0, 0.05) is 28.1 Å². The molecule has 0 radical (unpaired) electrons. The summed E-state index contributed by atoms with van der Waals surface area (Å²) < 4.78 is 30.3. The fraction of sp³-hybridized carbons (Fsp3) is 0.172. The predicted molar refractivity (Wildman–Crippen MR) is 153 cm³/mol. The highest BCUT2D eigenvalue weighted by Gasteiger charge is 2.36. The highest BCUT2D eigenvalue weighted by atomic mass is 35.5. The van der Waals surface area contributed by atoms with Gasteiger partial charge in [-0.3, -0.25) is 0 Å². The first-order chi connectivity index (χ1) is 17.4. The zero-order chi connectivity index (χ0) is 26.7. The molecular weight excluding hydrogens is 527 g/mol. The van der Waals surface area contributed by atoms with E-state index in [0.717, 1.165) is 32.9 Å². The quantitative estimate of drug-likeness (QED) is 0.235. The maximum absolute atomic E-state index is 14.5. The molecule has 37 heavy (non-hydrogen) atoms. The number of sulfonamides is 1. The highest BCUT2D eigenvalue weighted by molar-refractivity contribution is 7.93. The molecule has 1 heterocycles. The number of H-pyrrole nitrogens is 1. The number of aryl methyl sites for hydroxylation is 1. The Morgan fingerprint density at radius 2 is 1.62 bits per heavy atom. The first-order valence-corrected chi connectivity index (χ1v) is 13.9. The van der Waals surface area contributed by atoms with E-state index in [9.17, 15) is 13.5 Å². The van der Waals surface area contributed by atoms with E-state index in [1.807, 2.05) is 70.2 Å². The topological polar surface area (TPSA) is 73.4 Å². The molecule has 8 heteroatoms. The zero-order valence-electron chi connectivity index (χ0n) is 20.8. The van der Waals surface area contributed by atoms with Crippen LogP contribution in [0.15, 0.2) is 77.7 Å². The minimum absolute atomic E-state index is 0.00847. The number of hydrogen-bond donors (Lipinski definition) is 2. The molecule has 2 N–H and O–H groups in total. The molecule has 0 saturated heterocycles. The van der Waals surface area contributed by atoms with Crippen LogP contribution in [0.25, 0.3) is 21.7 Å². The molecule has 0 bridgehead atoms. The third kappa shape index (κ3) is 4.33. The lowest BCUT2D eigenvalue weighted by molar-refractivity contribution is 0.475. The van der Waals surface area contributed by atoms with Gasteiger partial charge in [-0.05, 0) is 47.5 Å². The van der Waals surface area contributed by atoms with Gasteiger partial charge in [0.05, 0.1) is 26.3 Å². The van der Waals surface area contributed by atoms with Gasteiger partial charge in [0.1, 0.15) is 5.75 Å². The summed E-state index contributed by atoms with van der Waals surface area (Å²) in [5, 5.41) is 12.9. The van der Waals surface area contributed by atoms with E-state index in [1.165, 1.54) is 16.4 Å². The standard InChI is InChI=1S/C29H26Cl2N2O3S/c1-17-8-7-10-19(14-17)37(35,36)33(24-15-22(31)25(34)16-21(24)30)27-26-20-11-6-5-9-18(20)12-13-23(26)32-28(27)29(2,3)4/h5-16,32,34H,1-4H3. The minimum Gasteiger partial charge on any atom is -0.506 e. The lowest BCUT2D eigenvalue weighted by Gasteiger charge is -2.30. The van der Waals surface area contributed by atoms with E-state index in [2.05, 4.69) is 4.98 Å². The molecule has 190 valence electrons. The molecular formula is C29H26Cl2N2O3S. The third-order valence-electron chi connectivity index (χ3n) is 6.38. The second kappa shape index (κ2) is 8.98. The minimum atomic E-state index is -4.21. The zero-order valence-corrected chi connectivity index (χ0v) is 23.1. The number of aromatic hydroxyl groups is 1. The van der Waals surface area contributed by atoms with Crippen molar-refractivity contribution in [3.8, 4) is 5.75 Å². The number of anilines is 2. The summed E-state index contributed by atoms with van der Waals surface area (Å²) in [5.41, 5.74) is 2.45. The first-order valence-electron chi connectivity index (χ1n) is 11.7. The van der Waals surface area contributed by atoms with Crippen molar-refractivity contribution < 1.29 is 13.5 Å². The van der Waals surface area contributed by atoms with Crippen molar-refractivity contribution in [3.63, 3.8) is 0 Å². The Labute approximate surface area is 226 Å². The Morgan fingerprint density at radius 1 is 0.892 bits per heavy atom. The number of halogens is 2. The van der Waals surface area contributed by atoms with Crippen LogP contribution in [0.5, 0.6) is 5.75 Å². The number of benzene rings is 4. The summed E-state index contributed by atoms with van der Waals surface area (Å²) in [6.45, 7) is 7.90. The number of hydrogen-bond acceptors (Lipinski definition) is 3. The van der Waals surface area contributed by atoms with E-state index in [0.29, 0.717) is 5.69 Å². The van der Waals surface area contributed by atoms with Gasteiger partial charge in [-0.25, -0.2) is 12.7 Å². The Kier molecular flexibility index (Phi) is 6.18. The molecule has 0 amide bonds. The van der Waals surface area contributed by atoms with Gasteiger partial charge in [0.2, 0.25) is 0 Å². The number of nitrogens with zero attached hydrogens (tertiary/aromatic N) is 1. The van der Waals surface area contributed by atoms with Crippen LogP contribution in [0.1, 0.15) is 32.0 Å². The molecule has 0 fully saturated rings. The normalized spacial score (nSPS) is 12.4. The van der Waals surface area contributed by atoms with Gasteiger partial charge in [0.25, 0.3) is 10.0 Å². The van der Waals surface area contributed by atoms with Crippen LogP contribution in [-0.2, 0) is 15.4 Å². The van der Waals surface area contributed by atoms with Crippen LogP contribution < -0.4 is 4.31 Å². The van der Waals surface area contributed by atoms with Gasteiger partial charge in [-0.1, -0.05) is 86.4 Å². The number of phenols is 1. The van der Waals surface area contributed by atoms with Crippen LogP contribution in [0.4, 0.5) is 11.4 Å². The highest BCUT2D eigenvalue weighted by Crippen LogP contribution is 2.49. The molecule has 5 aromatic rings. The van der Waals surface area contributed by atoms with E-state index >= 15 is 0 Å². The van der Waals surface area contributed by atoms with E-state index in [1.54, 1.807) is 18.2 Å². The summed E-state index contributed by atoms with van der Waals surface area (Å²) in [6.07, 6.45) is 0. The Balaban J connectivity index is 1.99. The molecule has 0 aliphatic heterocycles. The van der Waals surface area contributed by atoms with Crippen molar-refractivity contribution in [2.75, 3.05) is 4.31 Å². The number of fused-ring (bicyclic) bond motifs is 3. The number of rotatable bonds is 4. The average molecular weight is 554 g/mol. The Morgan fingerprint density at radius 3 is 2.32 bits per heavy atom. The lowest BCUT2D eigenvalue weighted by Crippen LogP contribution is -2.29. The molecule has 1 aromatic heterocycles. The smallest absolute Gasteiger partial charge is 0.268 e. The maximum atomic E-state index is 14.5. The average Bonchev–Trinajstić information content (AvgIpc) is 3.23. The van der Waals surface area contributed by atoms with Gasteiger partial charge in [-0.15, -0.1) is 0 Å². The number of nitrogens with one attached hydrogen (secondary N) is 1. The summed E-state index contributed by atoms with van der Waals surface area (Å²) in [7, 11) is -4.21. The molecule has 0 atom stereocenters. The third-order valence-corrected chi connectivity index (χ3v) is 8.69. The predicted octanol–water partition coefficient (Wildman–Crippen LogP) is 8.47. The van der Waals surface area contributed by atoms with Crippen LogP contribution in [-0.4, -0.2) is 18.5 Å². The fourth-order valence-corrected chi connectivity index (χ4v) is 6.71. The molecule has 0 aliphatic rings. The van der Waals surface area contributed by atoms with Crippen LogP contribution in [0, 0.1) is 6.92 Å². The largest absolute Gasteiger partial charge is 0.506 e. The number of phenolic OH excluding ortho intramolecular Hbond substituents is 1. The van der Waals surface area contributed by atoms with Gasteiger partial charge in [-0.2, -0.15) is 0 Å². The summed E-state index contributed by atoms with van der Waals surface area (Å²) in [5.74, 6) is -0.233. The molecule has 0 aliphatic carbocycles.